The fourth-order valence-electron chi connectivity index (χ4n) is 1.34. The summed E-state index contributed by atoms with van der Waals surface area (Å²) in [6.45, 7) is 1.18. The Balaban J connectivity index is 3.70. The second kappa shape index (κ2) is 4.67. The lowest BCUT2D eigenvalue weighted by atomic mass is 10.2. The zero-order valence-electron chi connectivity index (χ0n) is 9.42. The summed E-state index contributed by atoms with van der Waals surface area (Å²) in [4.78, 5) is 35.4. The van der Waals surface area contributed by atoms with Crippen LogP contribution in [0.5, 0.6) is 0 Å². The number of nitrogens with one attached hydrogen (secondary N) is 1. The van der Waals surface area contributed by atoms with Crippen molar-refractivity contribution >= 4 is 5.97 Å². The molecule has 9 heteroatoms. The van der Waals surface area contributed by atoms with E-state index in [1.165, 1.54) is 6.92 Å². The van der Waals surface area contributed by atoms with Gasteiger partial charge >= 0.3 is 17.8 Å². The SMILES string of the molecule is CCOC(=O)c1c(C(F)(F)F)n(C)c(=O)[nH]c1=O. The Hall–Kier alpha value is -2.06. The van der Waals surface area contributed by atoms with Crippen LogP contribution in [0.1, 0.15) is 23.0 Å². The van der Waals surface area contributed by atoms with Gasteiger partial charge in [0.1, 0.15) is 5.69 Å². The van der Waals surface area contributed by atoms with Crippen molar-refractivity contribution in [1.29, 1.82) is 0 Å². The lowest BCUT2D eigenvalue weighted by molar-refractivity contribution is -0.144. The molecule has 1 heterocycles. The fraction of sp³-hybridized carbons (Fsp3) is 0.444. The molecule has 0 atom stereocenters. The van der Waals surface area contributed by atoms with Crippen LogP contribution in [-0.2, 0) is 18.0 Å². The van der Waals surface area contributed by atoms with Crippen LogP contribution in [0.25, 0.3) is 0 Å². The lowest BCUT2D eigenvalue weighted by Crippen LogP contribution is -2.39. The van der Waals surface area contributed by atoms with Crippen LogP contribution in [0.3, 0.4) is 0 Å². The molecule has 0 aliphatic carbocycles. The maximum absolute atomic E-state index is 12.7. The summed E-state index contributed by atoms with van der Waals surface area (Å²) in [5, 5.41) is 0. The average molecular weight is 266 g/mol. The molecule has 6 nitrogen and oxygen atoms in total. The van der Waals surface area contributed by atoms with Crippen molar-refractivity contribution in [2.24, 2.45) is 7.05 Å². The van der Waals surface area contributed by atoms with Gasteiger partial charge in [-0.1, -0.05) is 0 Å². The fourth-order valence-corrected chi connectivity index (χ4v) is 1.34. The highest BCUT2D eigenvalue weighted by molar-refractivity contribution is 5.90. The van der Waals surface area contributed by atoms with E-state index in [0.717, 1.165) is 7.05 Å². The Morgan fingerprint density at radius 3 is 2.39 bits per heavy atom. The normalized spacial score (nSPS) is 11.4. The first-order valence-electron chi connectivity index (χ1n) is 4.77. The molecule has 0 aromatic carbocycles. The third-order valence-corrected chi connectivity index (χ3v) is 2.07. The summed E-state index contributed by atoms with van der Waals surface area (Å²) in [5.41, 5.74) is -5.55. The molecule has 0 saturated carbocycles. The third-order valence-electron chi connectivity index (χ3n) is 2.07. The first-order valence-corrected chi connectivity index (χ1v) is 4.77. The molecule has 0 unspecified atom stereocenters. The van der Waals surface area contributed by atoms with Gasteiger partial charge in [-0.3, -0.25) is 14.3 Å². The Morgan fingerprint density at radius 2 is 1.94 bits per heavy atom. The van der Waals surface area contributed by atoms with E-state index in [-0.39, 0.29) is 11.2 Å². The number of carbonyl (C=O) groups is 1. The molecule has 0 spiro atoms. The van der Waals surface area contributed by atoms with Gasteiger partial charge < -0.3 is 4.74 Å². The average Bonchev–Trinajstić information content (AvgIpc) is 2.21. The van der Waals surface area contributed by atoms with Gasteiger partial charge in [-0.05, 0) is 6.92 Å². The van der Waals surface area contributed by atoms with Gasteiger partial charge in [0.2, 0.25) is 0 Å². The topological polar surface area (TPSA) is 81.2 Å². The Labute approximate surface area is 98.0 Å². The molecule has 0 radical (unpaired) electrons. The predicted octanol–water partition coefficient (Wildman–Crippen LogP) is 0.269. The van der Waals surface area contributed by atoms with Crippen LogP contribution in [0.4, 0.5) is 13.2 Å². The molecule has 18 heavy (non-hydrogen) atoms. The second-order valence-electron chi connectivity index (χ2n) is 3.26. The van der Waals surface area contributed by atoms with Crippen LogP contribution >= 0.6 is 0 Å². The molecule has 100 valence electrons. The van der Waals surface area contributed by atoms with Crippen molar-refractivity contribution < 1.29 is 22.7 Å². The summed E-state index contributed by atoms with van der Waals surface area (Å²) in [5.74, 6) is -1.43. The Bertz CT molecular complexity index is 585. The van der Waals surface area contributed by atoms with Gasteiger partial charge in [-0.25, -0.2) is 9.59 Å². The number of nitrogens with zero attached hydrogens (tertiary/aromatic N) is 1. The van der Waals surface area contributed by atoms with Crippen LogP contribution in [0.2, 0.25) is 0 Å². The van der Waals surface area contributed by atoms with E-state index >= 15 is 0 Å². The summed E-state index contributed by atoms with van der Waals surface area (Å²) >= 11 is 0. The minimum atomic E-state index is -5.02. The molecular weight excluding hydrogens is 257 g/mol. The van der Waals surface area contributed by atoms with Crippen LogP contribution in [-0.4, -0.2) is 22.1 Å². The molecule has 1 aromatic rings. The summed E-state index contributed by atoms with van der Waals surface area (Å²) < 4.78 is 42.8. The van der Waals surface area contributed by atoms with E-state index in [1.54, 1.807) is 4.98 Å². The summed E-state index contributed by atoms with van der Waals surface area (Å²) in [6.07, 6.45) is -5.02. The zero-order valence-corrected chi connectivity index (χ0v) is 9.42. The monoisotopic (exact) mass is 266 g/mol. The molecule has 0 fully saturated rings. The summed E-state index contributed by atoms with van der Waals surface area (Å²) in [6, 6.07) is 0. The van der Waals surface area contributed by atoms with Gasteiger partial charge in [0.25, 0.3) is 5.56 Å². The number of hydrogen-bond acceptors (Lipinski definition) is 4. The number of rotatable bonds is 2. The van der Waals surface area contributed by atoms with Crippen molar-refractivity contribution in [2.45, 2.75) is 13.1 Å². The summed E-state index contributed by atoms with van der Waals surface area (Å²) in [7, 11) is 0.795. The van der Waals surface area contributed by atoms with E-state index in [2.05, 4.69) is 4.74 Å². The largest absolute Gasteiger partial charge is 0.462 e. The molecule has 0 bridgehead atoms. The van der Waals surface area contributed by atoms with Gasteiger partial charge in [0.05, 0.1) is 6.61 Å². The van der Waals surface area contributed by atoms with Gasteiger partial charge in [0.15, 0.2) is 5.56 Å². The third kappa shape index (κ3) is 2.44. The van der Waals surface area contributed by atoms with Crippen molar-refractivity contribution in [2.75, 3.05) is 6.61 Å². The van der Waals surface area contributed by atoms with Crippen molar-refractivity contribution in [3.8, 4) is 0 Å². The number of aromatic nitrogens is 2. The Morgan fingerprint density at radius 1 is 1.39 bits per heavy atom. The predicted molar refractivity (Wildman–Crippen MR) is 53.3 cm³/mol. The highest BCUT2D eigenvalue weighted by Gasteiger charge is 2.40. The number of carbonyl (C=O) groups excluding carboxylic acids is 1. The molecule has 0 saturated heterocycles. The first-order chi connectivity index (χ1) is 8.20. The van der Waals surface area contributed by atoms with E-state index in [9.17, 15) is 27.6 Å². The lowest BCUT2D eigenvalue weighted by Gasteiger charge is -2.14. The Kier molecular flexibility index (Phi) is 3.63. The molecule has 0 aliphatic heterocycles. The minimum absolute atomic E-state index is 0.146. The van der Waals surface area contributed by atoms with Gasteiger partial charge in [-0.15, -0.1) is 0 Å². The maximum Gasteiger partial charge on any atom is 0.432 e. The molecule has 1 aromatic heterocycles. The number of aromatic amines is 1. The van der Waals surface area contributed by atoms with Gasteiger partial charge in [0, 0.05) is 7.05 Å². The molecule has 1 rings (SSSR count). The highest BCUT2D eigenvalue weighted by atomic mass is 19.4. The van der Waals surface area contributed by atoms with E-state index in [4.69, 9.17) is 0 Å². The number of alkyl halides is 3. The van der Waals surface area contributed by atoms with Crippen molar-refractivity contribution in [3.05, 3.63) is 32.1 Å². The van der Waals surface area contributed by atoms with Crippen LogP contribution in [0, 0.1) is 0 Å². The van der Waals surface area contributed by atoms with E-state index in [1.807, 2.05) is 0 Å². The van der Waals surface area contributed by atoms with Crippen molar-refractivity contribution in [3.63, 3.8) is 0 Å². The first kappa shape index (κ1) is 14.0. The van der Waals surface area contributed by atoms with Crippen molar-refractivity contribution in [1.82, 2.24) is 9.55 Å². The number of ether oxygens (including phenoxy) is 1. The minimum Gasteiger partial charge on any atom is -0.462 e. The smallest absolute Gasteiger partial charge is 0.432 e. The van der Waals surface area contributed by atoms with Crippen LogP contribution < -0.4 is 11.2 Å². The molecule has 0 amide bonds. The molecule has 1 N–H and O–H groups in total. The quantitative estimate of drug-likeness (QED) is 0.779. The zero-order chi connectivity index (χ0) is 14.1. The highest BCUT2D eigenvalue weighted by Crippen LogP contribution is 2.29. The standard InChI is InChI=1S/C9H9F3N2O4/c1-3-18-7(16)4-5(9(10,11)12)14(2)8(17)13-6(4)15/h3H2,1-2H3,(H,13,15,17). The maximum atomic E-state index is 12.7. The van der Waals surface area contributed by atoms with Gasteiger partial charge in [-0.2, -0.15) is 13.2 Å². The number of hydrogen-bond donors (Lipinski definition) is 1. The number of H-pyrrole nitrogens is 1. The van der Waals surface area contributed by atoms with Crippen LogP contribution in [0.15, 0.2) is 9.59 Å². The number of esters is 1. The second-order valence-corrected chi connectivity index (χ2v) is 3.26. The molecule has 0 aliphatic rings. The number of halogens is 3. The van der Waals surface area contributed by atoms with E-state index in [0.29, 0.717) is 0 Å². The van der Waals surface area contributed by atoms with E-state index < -0.39 is 34.7 Å². The molecular formula is C9H9F3N2O4.